The number of anilines is 1. The van der Waals surface area contributed by atoms with Crippen LogP contribution in [0.2, 0.25) is 15.1 Å². The minimum atomic E-state index is 0.194. The highest BCUT2D eigenvalue weighted by Crippen LogP contribution is 2.38. The van der Waals surface area contributed by atoms with E-state index in [9.17, 15) is 0 Å². The summed E-state index contributed by atoms with van der Waals surface area (Å²) in [5.41, 5.74) is 3.96. The SMILES string of the molecule is CCOc1cc(CNc2ccc(C)cc2)cc(Cl)c1OCc1c(Cl)cccc1Cl. The molecule has 6 heteroatoms. The highest BCUT2D eigenvalue weighted by molar-refractivity contribution is 6.36. The van der Waals surface area contributed by atoms with Crippen LogP contribution in [0, 0.1) is 6.92 Å². The normalized spacial score (nSPS) is 10.7. The molecule has 0 unspecified atom stereocenters. The van der Waals surface area contributed by atoms with E-state index in [1.165, 1.54) is 5.56 Å². The van der Waals surface area contributed by atoms with E-state index in [0.717, 1.165) is 11.3 Å². The Balaban J connectivity index is 1.77. The van der Waals surface area contributed by atoms with Crippen LogP contribution in [0.25, 0.3) is 0 Å². The second-order valence-electron chi connectivity index (χ2n) is 6.55. The zero-order valence-corrected chi connectivity index (χ0v) is 18.5. The summed E-state index contributed by atoms with van der Waals surface area (Å²) in [6.45, 7) is 5.28. The fourth-order valence-corrected chi connectivity index (χ4v) is 3.61. The maximum absolute atomic E-state index is 6.52. The maximum atomic E-state index is 6.52. The Bertz CT molecular complexity index is 954. The summed E-state index contributed by atoms with van der Waals surface area (Å²) in [6, 6.07) is 17.4. The monoisotopic (exact) mass is 449 g/mol. The van der Waals surface area contributed by atoms with Crippen molar-refractivity contribution < 1.29 is 9.47 Å². The molecule has 0 aliphatic carbocycles. The lowest BCUT2D eigenvalue weighted by molar-refractivity contribution is 0.269. The fraction of sp³-hybridized carbons (Fsp3) is 0.217. The highest BCUT2D eigenvalue weighted by atomic mass is 35.5. The lowest BCUT2D eigenvalue weighted by Gasteiger charge is -2.17. The van der Waals surface area contributed by atoms with E-state index in [0.29, 0.717) is 45.3 Å². The molecule has 0 amide bonds. The van der Waals surface area contributed by atoms with Crippen molar-refractivity contribution >= 4 is 40.5 Å². The molecule has 0 aromatic heterocycles. The standard InChI is InChI=1S/C23H22Cl3NO2/c1-3-28-22-12-16(13-27-17-9-7-15(2)8-10-17)11-21(26)23(22)29-14-18-19(24)5-4-6-20(18)25/h4-12,27H,3,13-14H2,1-2H3. The molecular weight excluding hydrogens is 429 g/mol. The molecule has 0 saturated carbocycles. The first-order chi connectivity index (χ1) is 14.0. The molecule has 0 aliphatic heterocycles. The molecule has 152 valence electrons. The van der Waals surface area contributed by atoms with E-state index in [-0.39, 0.29) is 6.61 Å². The number of hydrogen-bond acceptors (Lipinski definition) is 3. The van der Waals surface area contributed by atoms with Gasteiger partial charge >= 0.3 is 0 Å². The van der Waals surface area contributed by atoms with Gasteiger partial charge in [-0.3, -0.25) is 0 Å². The third-order valence-corrected chi connectivity index (χ3v) is 5.33. The first-order valence-electron chi connectivity index (χ1n) is 9.29. The van der Waals surface area contributed by atoms with Gasteiger partial charge in [-0.2, -0.15) is 0 Å². The van der Waals surface area contributed by atoms with Gasteiger partial charge in [0, 0.05) is 27.8 Å². The first-order valence-corrected chi connectivity index (χ1v) is 10.4. The number of aryl methyl sites for hydroxylation is 1. The highest BCUT2D eigenvalue weighted by Gasteiger charge is 2.15. The predicted molar refractivity (Wildman–Crippen MR) is 122 cm³/mol. The van der Waals surface area contributed by atoms with Crippen LogP contribution >= 0.6 is 34.8 Å². The Hall–Kier alpha value is -2.07. The van der Waals surface area contributed by atoms with Gasteiger partial charge in [-0.05, 0) is 55.8 Å². The topological polar surface area (TPSA) is 30.5 Å². The molecule has 0 spiro atoms. The smallest absolute Gasteiger partial charge is 0.180 e. The van der Waals surface area contributed by atoms with Crippen LogP contribution < -0.4 is 14.8 Å². The summed E-state index contributed by atoms with van der Waals surface area (Å²) in [5.74, 6) is 1.06. The van der Waals surface area contributed by atoms with Crippen molar-refractivity contribution in [2.75, 3.05) is 11.9 Å². The Morgan fingerprint density at radius 1 is 0.862 bits per heavy atom. The van der Waals surface area contributed by atoms with E-state index < -0.39 is 0 Å². The number of halogens is 3. The molecule has 0 radical (unpaired) electrons. The van der Waals surface area contributed by atoms with Crippen molar-refractivity contribution in [3.8, 4) is 11.5 Å². The average Bonchev–Trinajstić information content (AvgIpc) is 2.69. The maximum Gasteiger partial charge on any atom is 0.180 e. The summed E-state index contributed by atoms with van der Waals surface area (Å²) in [6.07, 6.45) is 0. The van der Waals surface area contributed by atoms with Crippen LogP contribution in [-0.4, -0.2) is 6.61 Å². The molecule has 3 rings (SSSR count). The predicted octanol–water partition coefficient (Wildman–Crippen LogP) is 7.55. The van der Waals surface area contributed by atoms with Gasteiger partial charge < -0.3 is 14.8 Å². The average molecular weight is 451 g/mol. The van der Waals surface area contributed by atoms with Crippen LogP contribution in [0.5, 0.6) is 11.5 Å². The molecule has 1 N–H and O–H groups in total. The van der Waals surface area contributed by atoms with Gasteiger partial charge in [0.15, 0.2) is 11.5 Å². The van der Waals surface area contributed by atoms with E-state index >= 15 is 0 Å². The molecule has 3 aromatic rings. The van der Waals surface area contributed by atoms with Gasteiger partial charge in [-0.1, -0.05) is 58.6 Å². The van der Waals surface area contributed by atoms with Crippen LogP contribution in [0.4, 0.5) is 5.69 Å². The van der Waals surface area contributed by atoms with Crippen molar-refractivity contribution in [2.24, 2.45) is 0 Å². The third-order valence-electron chi connectivity index (χ3n) is 4.34. The fourth-order valence-electron chi connectivity index (χ4n) is 2.82. The largest absolute Gasteiger partial charge is 0.490 e. The lowest BCUT2D eigenvalue weighted by Crippen LogP contribution is -2.04. The second-order valence-corrected chi connectivity index (χ2v) is 7.77. The number of rotatable bonds is 8. The van der Waals surface area contributed by atoms with Gasteiger partial charge in [0.25, 0.3) is 0 Å². The number of hydrogen-bond donors (Lipinski definition) is 1. The van der Waals surface area contributed by atoms with Crippen molar-refractivity contribution in [3.05, 3.63) is 86.4 Å². The van der Waals surface area contributed by atoms with Crippen LogP contribution in [-0.2, 0) is 13.2 Å². The van der Waals surface area contributed by atoms with Crippen LogP contribution in [0.3, 0.4) is 0 Å². The summed E-state index contributed by atoms with van der Waals surface area (Å²) in [4.78, 5) is 0. The molecule has 0 bridgehead atoms. The minimum absolute atomic E-state index is 0.194. The van der Waals surface area contributed by atoms with Crippen molar-refractivity contribution in [1.29, 1.82) is 0 Å². The zero-order valence-electron chi connectivity index (χ0n) is 16.3. The Morgan fingerprint density at radius 3 is 2.21 bits per heavy atom. The molecule has 0 heterocycles. The Morgan fingerprint density at radius 2 is 1.55 bits per heavy atom. The number of ether oxygens (including phenoxy) is 2. The van der Waals surface area contributed by atoms with E-state index in [4.69, 9.17) is 44.3 Å². The van der Waals surface area contributed by atoms with Gasteiger partial charge in [0.05, 0.1) is 11.6 Å². The van der Waals surface area contributed by atoms with E-state index in [1.807, 2.05) is 31.2 Å². The molecule has 0 atom stereocenters. The summed E-state index contributed by atoms with van der Waals surface area (Å²) < 4.78 is 11.7. The molecule has 3 nitrogen and oxygen atoms in total. The third kappa shape index (κ3) is 5.72. The van der Waals surface area contributed by atoms with Gasteiger partial charge in [-0.15, -0.1) is 0 Å². The second kappa shape index (κ2) is 10.1. The van der Waals surface area contributed by atoms with E-state index in [1.54, 1.807) is 18.2 Å². The molecule has 29 heavy (non-hydrogen) atoms. The molecular formula is C23H22Cl3NO2. The number of nitrogens with one attached hydrogen (secondary N) is 1. The van der Waals surface area contributed by atoms with Gasteiger partial charge in [0.1, 0.15) is 6.61 Å². The summed E-state index contributed by atoms with van der Waals surface area (Å²) >= 11 is 19.0. The van der Waals surface area contributed by atoms with Gasteiger partial charge in [-0.25, -0.2) is 0 Å². The first kappa shape index (κ1) is 21.6. The van der Waals surface area contributed by atoms with Crippen LogP contribution in [0.15, 0.2) is 54.6 Å². The zero-order chi connectivity index (χ0) is 20.8. The van der Waals surface area contributed by atoms with Crippen LogP contribution in [0.1, 0.15) is 23.6 Å². The molecule has 3 aromatic carbocycles. The summed E-state index contributed by atoms with van der Waals surface area (Å²) in [7, 11) is 0. The number of benzene rings is 3. The minimum Gasteiger partial charge on any atom is -0.490 e. The van der Waals surface area contributed by atoms with E-state index in [2.05, 4.69) is 24.4 Å². The van der Waals surface area contributed by atoms with Gasteiger partial charge in [0.2, 0.25) is 0 Å². The van der Waals surface area contributed by atoms with Crippen molar-refractivity contribution in [3.63, 3.8) is 0 Å². The Labute approximate surface area is 186 Å². The molecule has 0 aliphatic rings. The van der Waals surface area contributed by atoms with Crippen molar-refractivity contribution in [2.45, 2.75) is 27.0 Å². The molecule has 0 fully saturated rings. The summed E-state index contributed by atoms with van der Waals surface area (Å²) in [5, 5.41) is 4.95. The Kier molecular flexibility index (Phi) is 7.54. The molecule has 0 saturated heterocycles. The quantitative estimate of drug-likeness (QED) is 0.384. The van der Waals surface area contributed by atoms with Crippen molar-refractivity contribution in [1.82, 2.24) is 0 Å². The lowest BCUT2D eigenvalue weighted by atomic mass is 10.1.